The monoisotopic (exact) mass is 469 g/mol. The molecule has 0 saturated carbocycles. The number of hydrogen-bond donors (Lipinski definition) is 0. The lowest BCUT2D eigenvalue weighted by Gasteiger charge is -2.34. The van der Waals surface area contributed by atoms with E-state index in [4.69, 9.17) is 11.6 Å². The van der Waals surface area contributed by atoms with Crippen LogP contribution in [0.3, 0.4) is 0 Å². The average molecular weight is 470 g/mol. The van der Waals surface area contributed by atoms with Crippen LogP contribution in [0.1, 0.15) is 15.9 Å². The second-order valence-corrected chi connectivity index (χ2v) is 8.73. The summed E-state index contributed by atoms with van der Waals surface area (Å²) < 4.78 is 1.77. The van der Waals surface area contributed by atoms with E-state index >= 15 is 0 Å². The summed E-state index contributed by atoms with van der Waals surface area (Å²) >= 11 is 6.32. The topological polar surface area (TPSA) is 45.6 Å². The van der Waals surface area contributed by atoms with Crippen molar-refractivity contribution in [3.05, 3.63) is 81.1 Å². The molecule has 5 nitrogen and oxygen atoms in total. The van der Waals surface area contributed by atoms with E-state index in [1.54, 1.807) is 10.6 Å². The normalized spacial score (nSPS) is 15.5. The lowest BCUT2D eigenvalue weighted by molar-refractivity contribution is 0.0664. The predicted molar refractivity (Wildman–Crippen MR) is 131 cm³/mol. The molecule has 5 rings (SSSR count). The van der Waals surface area contributed by atoms with Gasteiger partial charge >= 0.3 is 0 Å². The molecule has 32 heavy (non-hydrogen) atoms. The van der Waals surface area contributed by atoms with Crippen LogP contribution in [0.25, 0.3) is 22.4 Å². The van der Waals surface area contributed by atoms with Gasteiger partial charge in [0.2, 0.25) is 0 Å². The standard InChI is InChI=1S/C25H24ClN3O2.ClH/c1-27-11-13-28(14-12-27)24(30)22-16-21(17-5-3-2-4-6-17)25(31)29-10-9-18-7-8-19(26)15-20(18)23(22)29;/h2-8,15-16H,9-14H2,1H3;1H. The maximum Gasteiger partial charge on any atom is 0.258 e. The fraction of sp³-hybridized carbons (Fsp3) is 0.280. The van der Waals surface area contributed by atoms with Crippen molar-refractivity contribution in [3.63, 3.8) is 0 Å². The van der Waals surface area contributed by atoms with Gasteiger partial charge in [-0.05, 0) is 42.8 Å². The molecule has 1 saturated heterocycles. The molecule has 2 aromatic carbocycles. The molecule has 2 aliphatic rings. The number of piperazine rings is 1. The second kappa shape index (κ2) is 9.10. The number of benzene rings is 2. The van der Waals surface area contributed by atoms with Crippen LogP contribution in [0.4, 0.5) is 0 Å². The Morgan fingerprint density at radius 1 is 0.906 bits per heavy atom. The summed E-state index contributed by atoms with van der Waals surface area (Å²) in [6.45, 7) is 3.59. The third-order valence-corrected chi connectivity index (χ3v) is 6.56. The molecular weight excluding hydrogens is 445 g/mol. The minimum Gasteiger partial charge on any atom is -0.336 e. The third-order valence-electron chi connectivity index (χ3n) is 6.33. The Hall–Kier alpha value is -2.60. The number of nitrogens with zero attached hydrogens (tertiary/aromatic N) is 3. The first-order valence-corrected chi connectivity index (χ1v) is 11.0. The quantitative estimate of drug-likeness (QED) is 0.564. The van der Waals surface area contributed by atoms with Gasteiger partial charge in [-0.2, -0.15) is 0 Å². The number of amides is 1. The van der Waals surface area contributed by atoms with Gasteiger partial charge in [0.15, 0.2) is 0 Å². The van der Waals surface area contributed by atoms with Crippen molar-refractivity contribution < 1.29 is 4.79 Å². The fourth-order valence-electron chi connectivity index (χ4n) is 4.56. The fourth-order valence-corrected chi connectivity index (χ4v) is 4.73. The molecule has 0 N–H and O–H groups in total. The number of likely N-dealkylation sites (N-methyl/N-ethyl adjacent to an activating group) is 1. The van der Waals surface area contributed by atoms with Crippen molar-refractivity contribution in [1.82, 2.24) is 14.4 Å². The number of aromatic nitrogens is 1. The summed E-state index contributed by atoms with van der Waals surface area (Å²) in [6.07, 6.45) is 0.736. The van der Waals surface area contributed by atoms with Gasteiger partial charge in [0.1, 0.15) is 0 Å². The number of hydrogen-bond acceptors (Lipinski definition) is 3. The third kappa shape index (κ3) is 3.96. The zero-order valence-electron chi connectivity index (χ0n) is 17.9. The number of carbonyl (C=O) groups excluding carboxylic acids is 1. The van der Waals surface area contributed by atoms with Crippen LogP contribution in [0.5, 0.6) is 0 Å². The maximum absolute atomic E-state index is 13.7. The number of aryl methyl sites for hydroxylation is 1. The largest absolute Gasteiger partial charge is 0.336 e. The molecule has 0 spiro atoms. The molecule has 3 heterocycles. The minimum atomic E-state index is -0.0678. The van der Waals surface area contributed by atoms with Crippen molar-refractivity contribution in [1.29, 1.82) is 0 Å². The minimum absolute atomic E-state index is 0. The first-order valence-electron chi connectivity index (χ1n) is 10.6. The SMILES string of the molecule is CN1CCN(C(=O)c2cc(-c3ccccc3)c(=O)n3c2-c2cc(Cl)ccc2CC3)CC1.Cl. The molecule has 0 aliphatic carbocycles. The highest BCUT2D eigenvalue weighted by molar-refractivity contribution is 6.31. The van der Waals surface area contributed by atoms with Crippen LogP contribution in [0.2, 0.25) is 5.02 Å². The van der Waals surface area contributed by atoms with Crippen LogP contribution in [-0.2, 0) is 13.0 Å². The van der Waals surface area contributed by atoms with Gasteiger partial charge in [-0.25, -0.2) is 0 Å². The van der Waals surface area contributed by atoms with E-state index in [1.807, 2.05) is 53.4 Å². The lowest BCUT2D eigenvalue weighted by atomic mass is 9.92. The van der Waals surface area contributed by atoms with Crippen molar-refractivity contribution in [2.75, 3.05) is 33.2 Å². The van der Waals surface area contributed by atoms with Crippen LogP contribution in [0.15, 0.2) is 59.4 Å². The van der Waals surface area contributed by atoms with Gasteiger partial charge in [-0.15, -0.1) is 12.4 Å². The Morgan fingerprint density at radius 2 is 1.62 bits per heavy atom. The smallest absolute Gasteiger partial charge is 0.258 e. The van der Waals surface area contributed by atoms with Crippen molar-refractivity contribution in [2.24, 2.45) is 0 Å². The molecule has 2 aliphatic heterocycles. The first-order chi connectivity index (χ1) is 15.0. The second-order valence-electron chi connectivity index (χ2n) is 8.29. The Labute approximate surface area is 198 Å². The number of carbonyl (C=O) groups is 1. The van der Waals surface area contributed by atoms with Crippen LogP contribution in [0, 0.1) is 0 Å². The maximum atomic E-state index is 13.7. The predicted octanol–water partition coefficient (Wildman–Crippen LogP) is 4.20. The molecule has 0 bridgehead atoms. The Kier molecular flexibility index (Phi) is 6.42. The van der Waals surface area contributed by atoms with Crippen LogP contribution in [-0.4, -0.2) is 53.5 Å². The highest BCUT2D eigenvalue weighted by Gasteiger charge is 2.29. The van der Waals surface area contributed by atoms with Gasteiger partial charge in [0.05, 0.1) is 11.3 Å². The number of fused-ring (bicyclic) bond motifs is 3. The van der Waals surface area contributed by atoms with Crippen LogP contribution >= 0.6 is 24.0 Å². The first kappa shape index (κ1) is 22.6. The summed E-state index contributed by atoms with van der Waals surface area (Å²) in [4.78, 5) is 31.3. The van der Waals surface area contributed by atoms with Crippen LogP contribution < -0.4 is 5.56 Å². The number of halogens is 2. The molecule has 166 valence electrons. The van der Waals surface area contributed by atoms with E-state index < -0.39 is 0 Å². The van der Waals surface area contributed by atoms with Gasteiger partial charge < -0.3 is 14.4 Å². The molecule has 3 aromatic rings. The molecular formula is C25H25Cl2N3O2. The highest BCUT2D eigenvalue weighted by Crippen LogP contribution is 2.35. The Morgan fingerprint density at radius 3 is 2.34 bits per heavy atom. The van der Waals surface area contributed by atoms with Crippen molar-refractivity contribution >= 4 is 29.9 Å². The summed E-state index contributed by atoms with van der Waals surface area (Å²) in [5, 5.41) is 0.602. The zero-order valence-corrected chi connectivity index (χ0v) is 19.5. The highest BCUT2D eigenvalue weighted by atomic mass is 35.5. The zero-order chi connectivity index (χ0) is 21.5. The van der Waals surface area contributed by atoms with Gasteiger partial charge in [-0.3, -0.25) is 9.59 Å². The van der Waals surface area contributed by atoms with E-state index in [2.05, 4.69) is 11.9 Å². The molecule has 7 heteroatoms. The Bertz CT molecular complexity index is 1220. The molecule has 1 fully saturated rings. The summed E-state index contributed by atoms with van der Waals surface area (Å²) in [6, 6.07) is 17.1. The van der Waals surface area contributed by atoms with Crippen molar-refractivity contribution in [3.8, 4) is 22.4 Å². The van der Waals surface area contributed by atoms with E-state index in [-0.39, 0.29) is 23.9 Å². The lowest BCUT2D eigenvalue weighted by Crippen LogP contribution is -2.47. The van der Waals surface area contributed by atoms with Gasteiger partial charge in [0, 0.05) is 48.9 Å². The van der Waals surface area contributed by atoms with E-state index in [9.17, 15) is 9.59 Å². The summed E-state index contributed by atoms with van der Waals surface area (Å²) in [5.74, 6) is -0.0261. The van der Waals surface area contributed by atoms with E-state index in [0.29, 0.717) is 41.5 Å². The van der Waals surface area contributed by atoms with Gasteiger partial charge in [-0.1, -0.05) is 48.0 Å². The van der Waals surface area contributed by atoms with E-state index in [1.165, 1.54) is 0 Å². The summed E-state index contributed by atoms with van der Waals surface area (Å²) in [5.41, 5.74) is 4.58. The Balaban J connectivity index is 0.00000245. The van der Waals surface area contributed by atoms with E-state index in [0.717, 1.165) is 36.2 Å². The summed E-state index contributed by atoms with van der Waals surface area (Å²) in [7, 11) is 2.07. The average Bonchev–Trinajstić information content (AvgIpc) is 2.80. The molecule has 1 amide bonds. The molecule has 0 unspecified atom stereocenters. The number of pyridine rings is 1. The van der Waals surface area contributed by atoms with Crippen molar-refractivity contribution in [2.45, 2.75) is 13.0 Å². The van der Waals surface area contributed by atoms with Gasteiger partial charge in [0.25, 0.3) is 11.5 Å². The molecule has 1 aromatic heterocycles. The number of rotatable bonds is 2. The molecule has 0 radical (unpaired) electrons. The molecule has 0 atom stereocenters.